The van der Waals surface area contributed by atoms with Gasteiger partial charge < -0.3 is 14.4 Å². The van der Waals surface area contributed by atoms with Crippen LogP contribution in [0, 0.1) is 5.92 Å². The third kappa shape index (κ3) is 4.44. The van der Waals surface area contributed by atoms with Gasteiger partial charge in [0.15, 0.2) is 0 Å². The number of methoxy groups -OCH3 is 1. The standard InChI is InChI=1S/C22H27NO3/c1-17(18-13-15-23(16-14-18)22(24)25-2)26-21(19-9-5-3-6-10-19)20-11-7-4-8-12-20/h3-12,17-18,21H,13-16H2,1-2H3. The molecule has 1 aliphatic heterocycles. The summed E-state index contributed by atoms with van der Waals surface area (Å²) < 4.78 is 11.4. The van der Waals surface area contributed by atoms with E-state index in [-0.39, 0.29) is 18.3 Å². The van der Waals surface area contributed by atoms with E-state index >= 15 is 0 Å². The molecule has 4 nitrogen and oxygen atoms in total. The second-order valence-corrected chi connectivity index (χ2v) is 6.84. The van der Waals surface area contributed by atoms with E-state index in [1.54, 1.807) is 4.90 Å². The fourth-order valence-corrected chi connectivity index (χ4v) is 3.61. The van der Waals surface area contributed by atoms with Crippen LogP contribution < -0.4 is 0 Å². The summed E-state index contributed by atoms with van der Waals surface area (Å²) in [6.07, 6.45) is 1.67. The van der Waals surface area contributed by atoms with Crippen molar-refractivity contribution in [3.63, 3.8) is 0 Å². The van der Waals surface area contributed by atoms with Gasteiger partial charge in [-0.1, -0.05) is 60.7 Å². The highest BCUT2D eigenvalue weighted by Crippen LogP contribution is 2.31. The van der Waals surface area contributed by atoms with E-state index in [1.807, 2.05) is 36.4 Å². The third-order valence-corrected chi connectivity index (χ3v) is 5.19. The molecule has 0 spiro atoms. The van der Waals surface area contributed by atoms with E-state index in [0.717, 1.165) is 37.1 Å². The molecule has 1 aliphatic rings. The second kappa shape index (κ2) is 8.86. The lowest BCUT2D eigenvalue weighted by Crippen LogP contribution is -2.41. The van der Waals surface area contributed by atoms with Gasteiger partial charge in [0.2, 0.25) is 0 Å². The van der Waals surface area contributed by atoms with Crippen molar-refractivity contribution in [3.8, 4) is 0 Å². The Bertz CT molecular complexity index is 642. The van der Waals surface area contributed by atoms with Crippen molar-refractivity contribution in [1.29, 1.82) is 0 Å². The fraction of sp³-hybridized carbons (Fsp3) is 0.409. The normalized spacial score (nSPS) is 16.5. The van der Waals surface area contributed by atoms with E-state index in [1.165, 1.54) is 7.11 Å². The number of rotatable bonds is 5. The number of carbonyl (C=O) groups excluding carboxylic acids is 1. The van der Waals surface area contributed by atoms with Crippen LogP contribution in [0.15, 0.2) is 60.7 Å². The van der Waals surface area contributed by atoms with Crippen molar-refractivity contribution in [2.24, 2.45) is 5.92 Å². The summed E-state index contributed by atoms with van der Waals surface area (Å²) in [4.78, 5) is 13.4. The molecule has 1 amide bonds. The summed E-state index contributed by atoms with van der Waals surface area (Å²) in [5.41, 5.74) is 2.33. The van der Waals surface area contributed by atoms with Crippen LogP contribution in [0.2, 0.25) is 0 Å². The van der Waals surface area contributed by atoms with Crippen molar-refractivity contribution < 1.29 is 14.3 Å². The number of nitrogens with zero attached hydrogens (tertiary/aromatic N) is 1. The summed E-state index contributed by atoms with van der Waals surface area (Å²) in [6.45, 7) is 3.61. The molecule has 3 rings (SSSR count). The molecule has 0 aromatic heterocycles. The van der Waals surface area contributed by atoms with Crippen LogP contribution in [-0.4, -0.2) is 37.3 Å². The first-order valence-corrected chi connectivity index (χ1v) is 9.27. The molecule has 1 heterocycles. The van der Waals surface area contributed by atoms with Crippen LogP contribution in [0.25, 0.3) is 0 Å². The van der Waals surface area contributed by atoms with E-state index < -0.39 is 0 Å². The van der Waals surface area contributed by atoms with Gasteiger partial charge in [0, 0.05) is 13.1 Å². The van der Waals surface area contributed by atoms with Crippen molar-refractivity contribution in [2.45, 2.75) is 32.0 Å². The monoisotopic (exact) mass is 353 g/mol. The summed E-state index contributed by atoms with van der Waals surface area (Å²) in [6, 6.07) is 20.7. The average Bonchev–Trinajstić information content (AvgIpc) is 2.72. The molecular weight excluding hydrogens is 326 g/mol. The van der Waals surface area contributed by atoms with Gasteiger partial charge >= 0.3 is 6.09 Å². The lowest BCUT2D eigenvalue weighted by molar-refractivity contribution is -0.0306. The van der Waals surface area contributed by atoms with Gasteiger partial charge in [-0.15, -0.1) is 0 Å². The molecule has 2 aromatic carbocycles. The number of carbonyl (C=O) groups is 1. The molecule has 4 heteroatoms. The highest BCUT2D eigenvalue weighted by atomic mass is 16.5. The predicted molar refractivity (Wildman–Crippen MR) is 102 cm³/mol. The highest BCUT2D eigenvalue weighted by molar-refractivity contribution is 5.67. The van der Waals surface area contributed by atoms with E-state index in [9.17, 15) is 4.79 Å². The van der Waals surface area contributed by atoms with Gasteiger partial charge in [0.25, 0.3) is 0 Å². The summed E-state index contributed by atoms with van der Waals surface area (Å²) in [5, 5.41) is 0. The van der Waals surface area contributed by atoms with Crippen LogP contribution >= 0.6 is 0 Å². The topological polar surface area (TPSA) is 38.8 Å². The SMILES string of the molecule is COC(=O)N1CCC(C(C)OC(c2ccccc2)c2ccccc2)CC1. The fourth-order valence-electron chi connectivity index (χ4n) is 3.61. The Morgan fingerprint density at radius 1 is 0.962 bits per heavy atom. The maximum Gasteiger partial charge on any atom is 0.409 e. The third-order valence-electron chi connectivity index (χ3n) is 5.19. The molecule has 1 atom stereocenters. The zero-order valence-electron chi connectivity index (χ0n) is 15.5. The Labute approximate surface area is 155 Å². The maximum atomic E-state index is 11.7. The molecule has 138 valence electrons. The highest BCUT2D eigenvalue weighted by Gasteiger charge is 2.29. The van der Waals surface area contributed by atoms with Crippen molar-refractivity contribution in [3.05, 3.63) is 71.8 Å². The van der Waals surface area contributed by atoms with Crippen LogP contribution in [0.5, 0.6) is 0 Å². The zero-order chi connectivity index (χ0) is 18.4. The molecule has 1 saturated heterocycles. The Kier molecular flexibility index (Phi) is 6.29. The molecule has 0 N–H and O–H groups in total. The maximum absolute atomic E-state index is 11.7. The number of amides is 1. The first-order valence-electron chi connectivity index (χ1n) is 9.27. The first kappa shape index (κ1) is 18.5. The summed E-state index contributed by atoms with van der Waals surface area (Å²) >= 11 is 0. The van der Waals surface area contributed by atoms with E-state index in [2.05, 4.69) is 31.2 Å². The second-order valence-electron chi connectivity index (χ2n) is 6.84. The molecule has 1 fully saturated rings. The number of likely N-dealkylation sites (tertiary alicyclic amines) is 1. The Hall–Kier alpha value is -2.33. The molecular formula is C22H27NO3. The van der Waals surface area contributed by atoms with E-state index in [4.69, 9.17) is 9.47 Å². The number of ether oxygens (including phenoxy) is 2. The number of hydrogen-bond donors (Lipinski definition) is 0. The Balaban J connectivity index is 1.69. The minimum Gasteiger partial charge on any atom is -0.453 e. The van der Waals surface area contributed by atoms with Gasteiger partial charge in [0.1, 0.15) is 6.10 Å². The van der Waals surface area contributed by atoms with Crippen molar-refractivity contribution in [1.82, 2.24) is 4.90 Å². The van der Waals surface area contributed by atoms with E-state index in [0.29, 0.717) is 5.92 Å². The predicted octanol–water partition coefficient (Wildman–Crippen LogP) is 4.66. The molecule has 2 aromatic rings. The van der Waals surface area contributed by atoms with Gasteiger partial charge in [-0.3, -0.25) is 0 Å². The number of benzene rings is 2. The lowest BCUT2D eigenvalue weighted by atomic mass is 9.91. The Morgan fingerprint density at radius 2 is 1.46 bits per heavy atom. The lowest BCUT2D eigenvalue weighted by Gasteiger charge is -2.35. The minimum atomic E-state index is -0.233. The minimum absolute atomic E-state index is 0.0777. The molecule has 0 aliphatic carbocycles. The van der Waals surface area contributed by atoms with Gasteiger partial charge in [-0.25, -0.2) is 4.79 Å². The van der Waals surface area contributed by atoms with Gasteiger partial charge in [-0.2, -0.15) is 0 Å². The van der Waals surface area contributed by atoms with Crippen LogP contribution in [0.3, 0.4) is 0 Å². The zero-order valence-corrected chi connectivity index (χ0v) is 15.5. The Morgan fingerprint density at radius 3 is 1.92 bits per heavy atom. The van der Waals surface area contributed by atoms with Crippen molar-refractivity contribution in [2.75, 3.05) is 20.2 Å². The molecule has 26 heavy (non-hydrogen) atoms. The summed E-state index contributed by atoms with van der Waals surface area (Å²) in [7, 11) is 1.43. The average molecular weight is 353 g/mol. The molecule has 1 unspecified atom stereocenters. The largest absolute Gasteiger partial charge is 0.453 e. The van der Waals surface area contributed by atoms with Gasteiger partial charge in [0.05, 0.1) is 13.2 Å². The van der Waals surface area contributed by atoms with Crippen LogP contribution in [0.1, 0.15) is 37.0 Å². The van der Waals surface area contributed by atoms with Crippen LogP contribution in [0.4, 0.5) is 4.79 Å². The molecule has 0 radical (unpaired) electrons. The quantitative estimate of drug-likeness (QED) is 0.785. The van der Waals surface area contributed by atoms with Crippen LogP contribution in [-0.2, 0) is 9.47 Å². The number of piperidine rings is 1. The first-order chi connectivity index (χ1) is 12.7. The summed E-state index contributed by atoms with van der Waals surface area (Å²) in [5.74, 6) is 0.436. The molecule has 0 saturated carbocycles. The van der Waals surface area contributed by atoms with Gasteiger partial charge in [-0.05, 0) is 36.8 Å². The van der Waals surface area contributed by atoms with Crippen molar-refractivity contribution >= 4 is 6.09 Å². The molecule has 0 bridgehead atoms. The number of hydrogen-bond acceptors (Lipinski definition) is 3. The smallest absolute Gasteiger partial charge is 0.409 e.